The molecule has 3 rings (SSSR count). The molecule has 0 saturated carbocycles. The molecule has 0 aliphatic heterocycles. The second-order valence-corrected chi connectivity index (χ2v) is 6.28. The van der Waals surface area contributed by atoms with Gasteiger partial charge in [-0.25, -0.2) is 4.98 Å². The lowest BCUT2D eigenvalue weighted by atomic mass is 10.0. The molecule has 3 aromatic rings. The fourth-order valence-electron chi connectivity index (χ4n) is 2.39. The maximum absolute atomic E-state index is 13.1. The first kappa shape index (κ1) is 16.6. The Bertz CT molecular complexity index is 834. The summed E-state index contributed by atoms with van der Waals surface area (Å²) in [5.74, 6) is -0.984. The van der Waals surface area contributed by atoms with E-state index in [-0.39, 0.29) is 0 Å². The smallest absolute Gasteiger partial charge is 0.334 e. The molecule has 0 aliphatic carbocycles. The molecule has 0 fully saturated rings. The number of aryl methyl sites for hydroxylation is 1. The first-order chi connectivity index (χ1) is 11.4. The molecule has 0 aliphatic rings. The van der Waals surface area contributed by atoms with Crippen LogP contribution in [0.4, 0.5) is 13.2 Å². The maximum atomic E-state index is 13.1. The van der Waals surface area contributed by atoms with Gasteiger partial charge in [0.1, 0.15) is 0 Å². The zero-order chi connectivity index (χ0) is 17.3. The largest absolute Gasteiger partial charge is 0.449 e. The predicted octanol–water partition coefficient (Wildman–Crippen LogP) is 5.79. The summed E-state index contributed by atoms with van der Waals surface area (Å²) in [4.78, 5) is 7.31. The van der Waals surface area contributed by atoms with Crippen molar-refractivity contribution in [3.63, 3.8) is 0 Å². The molecule has 6 heteroatoms. The highest BCUT2D eigenvalue weighted by Gasteiger charge is 2.36. The molecule has 1 aromatic heterocycles. The number of hydrogen-bond donors (Lipinski definition) is 1. The van der Waals surface area contributed by atoms with Crippen molar-refractivity contribution in [3.8, 4) is 22.5 Å². The normalized spacial score (nSPS) is 11.7. The van der Waals surface area contributed by atoms with Crippen LogP contribution in [0, 0.1) is 6.92 Å². The Morgan fingerprint density at radius 2 is 1.50 bits per heavy atom. The summed E-state index contributed by atoms with van der Waals surface area (Å²) in [7, 11) is 0. The number of imidazole rings is 1. The van der Waals surface area contributed by atoms with Crippen molar-refractivity contribution in [3.05, 3.63) is 59.9 Å². The Morgan fingerprint density at radius 3 is 2.04 bits per heavy atom. The average molecular weight is 348 g/mol. The minimum absolute atomic E-state index is 0.304. The van der Waals surface area contributed by atoms with Gasteiger partial charge in [-0.3, -0.25) is 0 Å². The molecule has 124 valence electrons. The third kappa shape index (κ3) is 3.33. The van der Waals surface area contributed by atoms with Crippen molar-refractivity contribution < 1.29 is 13.2 Å². The second-order valence-electron chi connectivity index (χ2n) is 5.40. The van der Waals surface area contributed by atoms with Gasteiger partial charge in [0.25, 0.3) is 0 Å². The second kappa shape index (κ2) is 6.36. The molecule has 0 spiro atoms. The van der Waals surface area contributed by atoms with Crippen LogP contribution in [0.1, 0.15) is 11.4 Å². The van der Waals surface area contributed by atoms with Gasteiger partial charge in [0, 0.05) is 16.0 Å². The van der Waals surface area contributed by atoms with E-state index in [0.29, 0.717) is 22.5 Å². The van der Waals surface area contributed by atoms with Gasteiger partial charge < -0.3 is 4.98 Å². The van der Waals surface area contributed by atoms with E-state index in [1.807, 2.05) is 37.4 Å². The molecular formula is C18H15F3N2S. The van der Waals surface area contributed by atoms with E-state index < -0.39 is 12.0 Å². The topological polar surface area (TPSA) is 28.7 Å². The quantitative estimate of drug-likeness (QED) is 0.607. The van der Waals surface area contributed by atoms with Gasteiger partial charge in [-0.15, -0.1) is 11.8 Å². The number of H-pyrrole nitrogens is 1. The summed E-state index contributed by atoms with van der Waals surface area (Å²) in [6, 6.07) is 14.7. The minimum atomic E-state index is -4.52. The van der Waals surface area contributed by atoms with Gasteiger partial charge in [0.05, 0.1) is 11.4 Å². The Kier molecular flexibility index (Phi) is 4.41. The van der Waals surface area contributed by atoms with Crippen molar-refractivity contribution in [2.75, 3.05) is 6.26 Å². The minimum Gasteiger partial charge on any atom is -0.334 e. The van der Waals surface area contributed by atoms with E-state index in [1.165, 1.54) is 0 Å². The van der Waals surface area contributed by atoms with Crippen LogP contribution < -0.4 is 0 Å². The third-order valence-electron chi connectivity index (χ3n) is 3.68. The zero-order valence-electron chi connectivity index (χ0n) is 13.1. The lowest BCUT2D eigenvalue weighted by Crippen LogP contribution is -2.07. The van der Waals surface area contributed by atoms with Crippen molar-refractivity contribution in [2.45, 2.75) is 18.0 Å². The first-order valence-electron chi connectivity index (χ1n) is 7.27. The van der Waals surface area contributed by atoms with Crippen molar-refractivity contribution in [1.82, 2.24) is 9.97 Å². The number of nitrogens with one attached hydrogen (secondary N) is 1. The van der Waals surface area contributed by atoms with Crippen LogP contribution in [0.2, 0.25) is 0 Å². The third-order valence-corrected chi connectivity index (χ3v) is 4.42. The van der Waals surface area contributed by atoms with Gasteiger partial charge >= 0.3 is 6.18 Å². The summed E-state index contributed by atoms with van der Waals surface area (Å²) < 4.78 is 39.3. The molecule has 0 radical (unpaired) electrons. The van der Waals surface area contributed by atoms with Gasteiger partial charge in [-0.2, -0.15) is 13.2 Å². The Morgan fingerprint density at radius 1 is 0.917 bits per heavy atom. The van der Waals surface area contributed by atoms with Crippen LogP contribution in [-0.2, 0) is 6.18 Å². The van der Waals surface area contributed by atoms with Gasteiger partial charge in [0.15, 0.2) is 0 Å². The van der Waals surface area contributed by atoms with Crippen LogP contribution >= 0.6 is 11.8 Å². The molecule has 24 heavy (non-hydrogen) atoms. The Balaban J connectivity index is 2.15. The predicted molar refractivity (Wildman–Crippen MR) is 91.0 cm³/mol. The summed E-state index contributed by atoms with van der Waals surface area (Å²) in [6.45, 7) is 1.93. The van der Waals surface area contributed by atoms with Crippen LogP contribution in [0.25, 0.3) is 22.5 Å². The molecule has 1 heterocycles. The number of rotatable bonds is 3. The number of benzene rings is 2. The molecule has 0 atom stereocenters. The van der Waals surface area contributed by atoms with Gasteiger partial charge in [0.2, 0.25) is 5.82 Å². The summed E-state index contributed by atoms with van der Waals surface area (Å²) in [5, 5.41) is 0. The number of thioether (sulfide) groups is 1. The van der Waals surface area contributed by atoms with Crippen molar-refractivity contribution in [2.24, 2.45) is 0 Å². The molecule has 1 N–H and O–H groups in total. The highest BCUT2D eigenvalue weighted by atomic mass is 32.2. The maximum Gasteiger partial charge on any atom is 0.449 e. The lowest BCUT2D eigenvalue weighted by molar-refractivity contribution is -0.144. The van der Waals surface area contributed by atoms with Gasteiger partial charge in [-0.05, 0) is 25.3 Å². The van der Waals surface area contributed by atoms with E-state index in [2.05, 4.69) is 9.97 Å². The highest BCUT2D eigenvalue weighted by molar-refractivity contribution is 7.98. The fourth-order valence-corrected chi connectivity index (χ4v) is 2.80. The average Bonchev–Trinajstić information content (AvgIpc) is 3.01. The van der Waals surface area contributed by atoms with E-state index >= 15 is 0 Å². The Hall–Kier alpha value is -2.21. The standard InChI is InChI=1S/C18H15F3N2S/c1-11-3-5-12(6-4-11)15-16(23-17(22-15)18(19,20)21)13-7-9-14(24-2)10-8-13/h3-10H,1-2H3,(H,22,23). The number of halogens is 3. The van der Waals surface area contributed by atoms with E-state index in [1.54, 1.807) is 36.0 Å². The van der Waals surface area contributed by atoms with Crippen LogP contribution in [0.15, 0.2) is 53.4 Å². The van der Waals surface area contributed by atoms with E-state index in [4.69, 9.17) is 0 Å². The molecular weight excluding hydrogens is 333 g/mol. The first-order valence-corrected chi connectivity index (χ1v) is 8.49. The summed E-state index contributed by atoms with van der Waals surface area (Å²) in [5.41, 5.74) is 3.04. The highest BCUT2D eigenvalue weighted by Crippen LogP contribution is 2.36. The molecule has 0 bridgehead atoms. The molecule has 2 aromatic carbocycles. The number of hydrogen-bond acceptors (Lipinski definition) is 2. The molecule has 2 nitrogen and oxygen atoms in total. The van der Waals surface area contributed by atoms with E-state index in [0.717, 1.165) is 10.5 Å². The Labute approximate surface area is 142 Å². The monoisotopic (exact) mass is 348 g/mol. The number of alkyl halides is 3. The lowest BCUT2D eigenvalue weighted by Gasteiger charge is -2.05. The van der Waals surface area contributed by atoms with Crippen molar-refractivity contribution in [1.29, 1.82) is 0 Å². The number of nitrogens with zero attached hydrogens (tertiary/aromatic N) is 1. The van der Waals surface area contributed by atoms with Crippen LogP contribution in [-0.4, -0.2) is 16.2 Å². The number of aromatic amines is 1. The molecule has 0 saturated heterocycles. The number of aromatic nitrogens is 2. The van der Waals surface area contributed by atoms with Crippen LogP contribution in [0.3, 0.4) is 0 Å². The van der Waals surface area contributed by atoms with Crippen molar-refractivity contribution >= 4 is 11.8 Å². The van der Waals surface area contributed by atoms with E-state index in [9.17, 15) is 13.2 Å². The van der Waals surface area contributed by atoms with Gasteiger partial charge in [-0.1, -0.05) is 42.0 Å². The zero-order valence-corrected chi connectivity index (χ0v) is 13.9. The fraction of sp³-hybridized carbons (Fsp3) is 0.167. The van der Waals surface area contributed by atoms with Crippen LogP contribution in [0.5, 0.6) is 0 Å². The SMILES string of the molecule is CSc1ccc(-c2nc(C(F)(F)F)[nH]c2-c2ccc(C)cc2)cc1. The molecule has 0 unspecified atom stereocenters. The summed E-state index contributed by atoms with van der Waals surface area (Å²) in [6.07, 6.45) is -2.57. The summed E-state index contributed by atoms with van der Waals surface area (Å²) >= 11 is 1.58. The molecule has 0 amide bonds.